The molecule has 0 aliphatic carbocycles. The molecule has 0 bridgehead atoms. The average molecular weight is 328 g/mol. The van der Waals surface area contributed by atoms with Gasteiger partial charge in [-0.3, -0.25) is 5.32 Å². The Balaban J connectivity index is 2.40. The second-order valence-corrected chi connectivity index (χ2v) is 4.33. The first-order valence-corrected chi connectivity index (χ1v) is 7.15. The molecule has 0 aromatic heterocycles. The summed E-state index contributed by atoms with van der Waals surface area (Å²) in [6.45, 7) is 7.08. The van der Waals surface area contributed by atoms with Crippen LogP contribution >= 0.6 is 15.9 Å². The van der Waals surface area contributed by atoms with E-state index in [1.54, 1.807) is 0 Å². The third-order valence-electron chi connectivity index (χ3n) is 2.37. The molecule has 4 nitrogen and oxygen atoms in total. The molecule has 1 aromatic rings. The van der Waals surface area contributed by atoms with E-state index in [0.29, 0.717) is 18.9 Å². The van der Waals surface area contributed by atoms with Crippen LogP contribution in [-0.2, 0) is 9.47 Å². The van der Waals surface area contributed by atoms with Crippen LogP contribution < -0.4 is 5.32 Å². The molecule has 0 spiro atoms. The van der Waals surface area contributed by atoms with E-state index in [0.717, 1.165) is 16.5 Å². The monoisotopic (exact) mass is 327 g/mol. The number of ether oxygens (including phenoxy) is 2. The molecule has 0 unspecified atom stereocenters. The van der Waals surface area contributed by atoms with Crippen molar-refractivity contribution in [3.05, 3.63) is 36.4 Å². The normalized spacial score (nSPS) is 10.0. The second kappa shape index (κ2) is 8.72. The van der Waals surface area contributed by atoms with Crippen molar-refractivity contribution in [3.8, 4) is 0 Å². The van der Waals surface area contributed by atoms with Gasteiger partial charge in [0.1, 0.15) is 6.61 Å². The van der Waals surface area contributed by atoms with Crippen LogP contribution in [0.15, 0.2) is 30.8 Å². The Morgan fingerprint density at radius 1 is 1.32 bits per heavy atom. The third-order valence-corrected chi connectivity index (χ3v) is 3.04. The number of hydrogen-bond acceptors (Lipinski definition) is 3. The number of alkyl halides is 1. The van der Waals surface area contributed by atoms with Crippen molar-refractivity contribution in [3.63, 3.8) is 0 Å². The molecule has 1 rings (SSSR count). The van der Waals surface area contributed by atoms with Gasteiger partial charge in [-0.1, -0.05) is 34.6 Å². The molecule has 1 N–H and O–H groups in total. The summed E-state index contributed by atoms with van der Waals surface area (Å²) in [5.41, 5.74) is 2.71. The van der Waals surface area contributed by atoms with Gasteiger partial charge >= 0.3 is 6.09 Å². The fraction of sp³-hybridized carbons (Fsp3) is 0.357. The number of amides is 1. The van der Waals surface area contributed by atoms with E-state index in [4.69, 9.17) is 9.47 Å². The first-order valence-electron chi connectivity index (χ1n) is 6.03. The molecule has 0 fully saturated rings. The maximum atomic E-state index is 11.4. The van der Waals surface area contributed by atoms with Crippen molar-refractivity contribution in [1.29, 1.82) is 0 Å². The van der Waals surface area contributed by atoms with Crippen molar-refractivity contribution in [2.24, 2.45) is 0 Å². The van der Waals surface area contributed by atoms with Gasteiger partial charge in [0.2, 0.25) is 0 Å². The van der Waals surface area contributed by atoms with E-state index in [-0.39, 0.29) is 6.61 Å². The van der Waals surface area contributed by atoms with Gasteiger partial charge in [0, 0.05) is 17.6 Å². The quantitative estimate of drug-likeness (QED) is 0.613. The molecule has 0 saturated heterocycles. The summed E-state index contributed by atoms with van der Waals surface area (Å²) in [7, 11) is 0. The standard InChI is InChI=1S/C14H18BrNO3/c1-3-18-8-9-19-14(17)16-13-6-4-12(5-7-13)11(2)10-15/h4-7H,2-3,8-10H2,1H3,(H,16,17). The predicted molar refractivity (Wildman–Crippen MR) is 80.7 cm³/mol. The van der Waals surface area contributed by atoms with Crippen molar-refractivity contribution in [2.75, 3.05) is 30.5 Å². The first kappa shape index (κ1) is 15.7. The minimum atomic E-state index is -0.480. The lowest BCUT2D eigenvalue weighted by atomic mass is 10.1. The Kier molecular flexibility index (Phi) is 7.22. The van der Waals surface area contributed by atoms with E-state index in [9.17, 15) is 4.79 Å². The fourth-order valence-electron chi connectivity index (χ4n) is 1.36. The highest BCUT2D eigenvalue weighted by Gasteiger charge is 2.03. The van der Waals surface area contributed by atoms with Gasteiger partial charge in [-0.2, -0.15) is 0 Å². The first-order chi connectivity index (χ1) is 9.17. The van der Waals surface area contributed by atoms with E-state index in [2.05, 4.69) is 27.8 Å². The molecule has 19 heavy (non-hydrogen) atoms. The lowest BCUT2D eigenvalue weighted by Gasteiger charge is -2.08. The van der Waals surface area contributed by atoms with E-state index in [1.807, 2.05) is 31.2 Å². The SMILES string of the molecule is C=C(CBr)c1ccc(NC(=O)OCCOCC)cc1. The molecule has 0 heterocycles. The number of benzene rings is 1. The summed E-state index contributed by atoms with van der Waals surface area (Å²) in [6, 6.07) is 7.43. The molecular weight excluding hydrogens is 310 g/mol. The van der Waals surface area contributed by atoms with Crippen LogP contribution in [0.1, 0.15) is 12.5 Å². The minimum absolute atomic E-state index is 0.248. The lowest BCUT2D eigenvalue weighted by Crippen LogP contribution is -2.16. The van der Waals surface area contributed by atoms with Crippen LogP contribution in [0.4, 0.5) is 10.5 Å². The largest absolute Gasteiger partial charge is 0.447 e. The van der Waals surface area contributed by atoms with Gasteiger partial charge in [-0.25, -0.2) is 4.79 Å². The average Bonchev–Trinajstić information content (AvgIpc) is 2.43. The molecule has 0 saturated carbocycles. The van der Waals surface area contributed by atoms with E-state index in [1.165, 1.54) is 0 Å². The molecular formula is C14H18BrNO3. The smallest absolute Gasteiger partial charge is 0.411 e. The number of carbonyl (C=O) groups excluding carboxylic acids is 1. The van der Waals surface area contributed by atoms with Crippen LogP contribution in [-0.4, -0.2) is 31.2 Å². The van der Waals surface area contributed by atoms with Crippen molar-refractivity contribution in [1.82, 2.24) is 0 Å². The number of allylic oxidation sites excluding steroid dienone is 1. The van der Waals surface area contributed by atoms with Crippen LogP contribution in [0, 0.1) is 0 Å². The summed E-state index contributed by atoms with van der Waals surface area (Å²) in [6.07, 6.45) is -0.480. The Bertz CT molecular complexity index is 417. The molecule has 104 valence electrons. The van der Waals surface area contributed by atoms with Gasteiger partial charge < -0.3 is 9.47 Å². The van der Waals surface area contributed by atoms with E-state index < -0.39 is 6.09 Å². The predicted octanol–water partition coefficient (Wildman–Crippen LogP) is 3.68. The van der Waals surface area contributed by atoms with Gasteiger partial charge in [-0.15, -0.1) is 0 Å². The Morgan fingerprint density at radius 2 is 2.00 bits per heavy atom. The summed E-state index contributed by atoms with van der Waals surface area (Å²) >= 11 is 3.35. The second-order valence-electron chi connectivity index (χ2n) is 3.77. The fourth-order valence-corrected chi connectivity index (χ4v) is 1.68. The van der Waals surface area contributed by atoms with Crippen LogP contribution in [0.25, 0.3) is 5.57 Å². The summed E-state index contributed by atoms with van der Waals surface area (Å²) in [5, 5.41) is 3.37. The zero-order valence-electron chi connectivity index (χ0n) is 10.9. The lowest BCUT2D eigenvalue weighted by molar-refractivity contribution is 0.0850. The maximum Gasteiger partial charge on any atom is 0.411 e. The van der Waals surface area contributed by atoms with E-state index >= 15 is 0 Å². The molecule has 0 atom stereocenters. The summed E-state index contributed by atoms with van der Waals surface area (Å²) < 4.78 is 10.0. The van der Waals surface area contributed by atoms with Crippen LogP contribution in [0.5, 0.6) is 0 Å². The highest BCUT2D eigenvalue weighted by Crippen LogP contribution is 2.17. The van der Waals surface area contributed by atoms with Crippen LogP contribution in [0.3, 0.4) is 0 Å². The highest BCUT2D eigenvalue weighted by atomic mass is 79.9. The number of hydrogen-bond donors (Lipinski definition) is 1. The summed E-state index contributed by atoms with van der Waals surface area (Å²) in [5.74, 6) is 0. The molecule has 0 radical (unpaired) electrons. The number of anilines is 1. The van der Waals surface area contributed by atoms with Crippen molar-refractivity contribution >= 4 is 33.3 Å². The van der Waals surface area contributed by atoms with Gasteiger partial charge in [0.25, 0.3) is 0 Å². The zero-order valence-corrected chi connectivity index (χ0v) is 12.5. The Labute approximate surface area is 121 Å². The molecule has 1 amide bonds. The minimum Gasteiger partial charge on any atom is -0.447 e. The highest BCUT2D eigenvalue weighted by molar-refractivity contribution is 9.09. The maximum absolute atomic E-state index is 11.4. The Morgan fingerprint density at radius 3 is 2.58 bits per heavy atom. The number of nitrogens with one attached hydrogen (secondary N) is 1. The van der Waals surface area contributed by atoms with Crippen LogP contribution in [0.2, 0.25) is 0 Å². The number of carbonyl (C=O) groups is 1. The van der Waals surface area contributed by atoms with Crippen molar-refractivity contribution in [2.45, 2.75) is 6.92 Å². The molecule has 1 aromatic carbocycles. The van der Waals surface area contributed by atoms with Gasteiger partial charge in [-0.05, 0) is 30.2 Å². The zero-order chi connectivity index (χ0) is 14.1. The number of rotatable bonds is 7. The Hall–Kier alpha value is -1.33. The van der Waals surface area contributed by atoms with Gasteiger partial charge in [0.05, 0.1) is 6.61 Å². The molecule has 0 aliphatic heterocycles. The number of halogens is 1. The van der Waals surface area contributed by atoms with Gasteiger partial charge in [0.15, 0.2) is 0 Å². The summed E-state index contributed by atoms with van der Waals surface area (Å²) in [4.78, 5) is 11.4. The molecule has 0 aliphatic rings. The topological polar surface area (TPSA) is 47.6 Å². The third kappa shape index (κ3) is 5.89. The van der Waals surface area contributed by atoms with Crippen molar-refractivity contribution < 1.29 is 14.3 Å². The molecule has 5 heteroatoms.